The molecule has 4 rings (SSSR count). The molecular weight excluding hydrogens is 494 g/mol. The van der Waals surface area contributed by atoms with Crippen molar-refractivity contribution in [2.24, 2.45) is 10.2 Å². The molecule has 2 aromatic carbocycles. The van der Waals surface area contributed by atoms with Crippen molar-refractivity contribution in [3.05, 3.63) is 85.2 Å². The van der Waals surface area contributed by atoms with E-state index in [0.717, 1.165) is 30.4 Å². The Bertz CT molecular complexity index is 1550. The second-order valence-corrected chi connectivity index (χ2v) is 9.02. The standard InChI is InChI=1S/C27H24ClN5O4/c1-3-4-5-6-13-30-33-26(36)18(14-29)15(2)23(27(33)37)32-31-20-12-8-10-17-22(20)25(35)16-9-7-11-19(28)21(16)24(17)34/h7-12,30,36H,3-6,13H2,1-2H3. The van der Waals surface area contributed by atoms with Crippen LogP contribution in [-0.4, -0.2) is 27.9 Å². The SMILES string of the molecule is CCCCCCNn1c(O)c(C#N)c(C)c(N=Nc2cccc3c2C(=O)c2cccc(Cl)c2C3=O)c1=O. The number of aromatic hydroxyl groups is 1. The van der Waals surface area contributed by atoms with Crippen molar-refractivity contribution in [3.8, 4) is 11.9 Å². The van der Waals surface area contributed by atoms with E-state index in [1.807, 2.05) is 6.07 Å². The monoisotopic (exact) mass is 517 g/mol. The molecule has 9 nitrogen and oxygen atoms in total. The van der Waals surface area contributed by atoms with E-state index in [0.29, 0.717) is 6.54 Å². The van der Waals surface area contributed by atoms with E-state index in [9.17, 15) is 24.8 Å². The van der Waals surface area contributed by atoms with Crippen LogP contribution in [0.1, 0.15) is 75.6 Å². The summed E-state index contributed by atoms with van der Waals surface area (Å²) in [7, 11) is 0. The molecule has 1 heterocycles. The summed E-state index contributed by atoms with van der Waals surface area (Å²) in [5, 5.41) is 28.5. The number of nitrogens with one attached hydrogen (secondary N) is 1. The second kappa shape index (κ2) is 10.8. The maximum absolute atomic E-state index is 13.3. The van der Waals surface area contributed by atoms with Gasteiger partial charge in [-0.05, 0) is 25.5 Å². The minimum Gasteiger partial charge on any atom is -0.492 e. The third-order valence-corrected chi connectivity index (χ3v) is 6.56. The molecule has 0 aliphatic heterocycles. The molecule has 0 bridgehead atoms. The third kappa shape index (κ3) is 4.63. The zero-order valence-electron chi connectivity index (χ0n) is 20.3. The number of carbonyl (C=O) groups excluding carboxylic acids is 2. The number of rotatable bonds is 8. The van der Waals surface area contributed by atoms with Crippen molar-refractivity contribution >= 4 is 34.5 Å². The molecule has 1 aromatic heterocycles. The zero-order valence-corrected chi connectivity index (χ0v) is 21.1. The van der Waals surface area contributed by atoms with Crippen LogP contribution in [0.3, 0.4) is 0 Å². The lowest BCUT2D eigenvalue weighted by Crippen LogP contribution is -2.30. The van der Waals surface area contributed by atoms with Gasteiger partial charge < -0.3 is 10.5 Å². The first-order valence-corrected chi connectivity index (χ1v) is 12.2. The number of halogens is 1. The summed E-state index contributed by atoms with van der Waals surface area (Å²) in [6.45, 7) is 3.97. The van der Waals surface area contributed by atoms with E-state index in [4.69, 9.17) is 11.6 Å². The van der Waals surface area contributed by atoms with Crippen LogP contribution in [0, 0.1) is 18.3 Å². The van der Waals surface area contributed by atoms with Crippen LogP contribution < -0.4 is 11.0 Å². The maximum Gasteiger partial charge on any atom is 0.300 e. The summed E-state index contributed by atoms with van der Waals surface area (Å²) in [6, 6.07) is 11.1. The van der Waals surface area contributed by atoms with Crippen LogP contribution in [-0.2, 0) is 0 Å². The van der Waals surface area contributed by atoms with Gasteiger partial charge in [0.05, 0.1) is 21.8 Å². The molecule has 1 aliphatic carbocycles. The van der Waals surface area contributed by atoms with E-state index in [1.54, 1.807) is 18.2 Å². The largest absolute Gasteiger partial charge is 0.492 e. The van der Waals surface area contributed by atoms with E-state index in [1.165, 1.54) is 25.1 Å². The van der Waals surface area contributed by atoms with E-state index < -0.39 is 23.0 Å². The van der Waals surface area contributed by atoms with Gasteiger partial charge in [0.2, 0.25) is 5.88 Å². The Labute approximate surface area is 218 Å². The molecule has 0 saturated heterocycles. The van der Waals surface area contributed by atoms with Gasteiger partial charge in [-0.1, -0.05) is 62.1 Å². The summed E-state index contributed by atoms with van der Waals surface area (Å²) in [5.41, 5.74) is 2.57. The number of hydrogen-bond acceptors (Lipinski definition) is 8. The van der Waals surface area contributed by atoms with Gasteiger partial charge in [-0.2, -0.15) is 9.94 Å². The molecule has 188 valence electrons. The number of nitrogens with zero attached hydrogens (tertiary/aromatic N) is 4. The molecule has 1 aliphatic rings. The number of fused-ring (bicyclic) bond motifs is 2. The lowest BCUT2D eigenvalue weighted by Gasteiger charge is -2.19. The van der Waals surface area contributed by atoms with Crippen LogP contribution in [0.15, 0.2) is 51.4 Å². The molecular formula is C27H24ClN5O4. The molecule has 0 radical (unpaired) electrons. The predicted molar refractivity (Wildman–Crippen MR) is 139 cm³/mol. The number of nitriles is 1. The van der Waals surface area contributed by atoms with Crippen molar-refractivity contribution in [1.82, 2.24) is 4.68 Å². The number of ketones is 2. The molecule has 10 heteroatoms. The van der Waals surface area contributed by atoms with Crippen molar-refractivity contribution < 1.29 is 14.7 Å². The van der Waals surface area contributed by atoms with Crippen molar-refractivity contribution in [2.75, 3.05) is 12.0 Å². The average molecular weight is 518 g/mol. The van der Waals surface area contributed by atoms with E-state index in [-0.39, 0.29) is 49.8 Å². The quantitative estimate of drug-likeness (QED) is 0.227. The Kier molecular flexibility index (Phi) is 7.50. The van der Waals surface area contributed by atoms with Gasteiger partial charge in [0, 0.05) is 23.2 Å². The summed E-state index contributed by atoms with van der Waals surface area (Å²) in [5.74, 6) is -1.35. The van der Waals surface area contributed by atoms with Crippen LogP contribution in [0.25, 0.3) is 0 Å². The predicted octanol–water partition coefficient (Wildman–Crippen LogP) is 5.70. The number of benzene rings is 2. The Morgan fingerprint density at radius 3 is 2.38 bits per heavy atom. The normalized spacial score (nSPS) is 12.4. The number of aromatic nitrogens is 1. The maximum atomic E-state index is 13.3. The molecule has 3 aromatic rings. The summed E-state index contributed by atoms with van der Waals surface area (Å²) >= 11 is 6.20. The van der Waals surface area contributed by atoms with Crippen LogP contribution in [0.4, 0.5) is 11.4 Å². The lowest BCUT2D eigenvalue weighted by molar-refractivity contribution is 0.0979. The highest BCUT2D eigenvalue weighted by molar-refractivity contribution is 6.39. The summed E-state index contributed by atoms with van der Waals surface area (Å²) in [6.07, 6.45) is 3.81. The first kappa shape index (κ1) is 25.8. The Morgan fingerprint density at radius 1 is 1.00 bits per heavy atom. The number of unbranched alkanes of at least 4 members (excludes halogenated alkanes) is 3. The van der Waals surface area contributed by atoms with E-state index >= 15 is 0 Å². The second-order valence-electron chi connectivity index (χ2n) is 8.61. The molecule has 0 spiro atoms. The minimum absolute atomic E-state index is 0.0531. The first-order chi connectivity index (χ1) is 17.8. The fourth-order valence-electron chi connectivity index (χ4n) is 4.27. The topological polar surface area (TPSA) is 137 Å². The van der Waals surface area contributed by atoms with Gasteiger partial charge in [0.1, 0.15) is 11.6 Å². The van der Waals surface area contributed by atoms with E-state index in [2.05, 4.69) is 22.6 Å². The Balaban J connectivity index is 1.76. The number of azo groups is 1. The molecule has 0 saturated carbocycles. The first-order valence-electron chi connectivity index (χ1n) is 11.9. The molecule has 0 amide bonds. The molecule has 2 N–H and O–H groups in total. The summed E-state index contributed by atoms with van der Waals surface area (Å²) in [4.78, 5) is 39.6. The number of carbonyl (C=O) groups is 2. The van der Waals surface area contributed by atoms with Gasteiger partial charge >= 0.3 is 0 Å². The summed E-state index contributed by atoms with van der Waals surface area (Å²) < 4.78 is 0.888. The smallest absolute Gasteiger partial charge is 0.300 e. The third-order valence-electron chi connectivity index (χ3n) is 6.24. The lowest BCUT2D eigenvalue weighted by atomic mass is 9.83. The van der Waals surface area contributed by atoms with Crippen LogP contribution in [0.2, 0.25) is 5.02 Å². The number of pyridine rings is 1. The number of hydrogen-bond donors (Lipinski definition) is 2. The van der Waals surface area contributed by atoms with Gasteiger partial charge in [0.25, 0.3) is 5.56 Å². The highest BCUT2D eigenvalue weighted by Gasteiger charge is 2.33. The Hall–Kier alpha value is -4.29. The fraction of sp³-hybridized carbons (Fsp3) is 0.259. The van der Waals surface area contributed by atoms with Crippen molar-refractivity contribution in [2.45, 2.75) is 39.5 Å². The molecule has 0 unspecified atom stereocenters. The zero-order chi connectivity index (χ0) is 26.7. The van der Waals surface area contributed by atoms with Crippen LogP contribution in [0.5, 0.6) is 5.88 Å². The van der Waals surface area contributed by atoms with Crippen LogP contribution >= 0.6 is 11.6 Å². The molecule has 0 atom stereocenters. The van der Waals surface area contributed by atoms with Crippen molar-refractivity contribution in [3.63, 3.8) is 0 Å². The molecule has 37 heavy (non-hydrogen) atoms. The van der Waals surface area contributed by atoms with Gasteiger partial charge in [-0.25, -0.2) is 0 Å². The minimum atomic E-state index is -0.697. The highest BCUT2D eigenvalue weighted by Crippen LogP contribution is 2.37. The van der Waals surface area contributed by atoms with Gasteiger partial charge in [-0.15, -0.1) is 10.2 Å². The fourth-order valence-corrected chi connectivity index (χ4v) is 4.53. The Morgan fingerprint density at radius 2 is 1.68 bits per heavy atom. The van der Waals surface area contributed by atoms with Gasteiger partial charge in [0.15, 0.2) is 17.3 Å². The highest BCUT2D eigenvalue weighted by atomic mass is 35.5. The average Bonchev–Trinajstić information content (AvgIpc) is 2.88. The van der Waals surface area contributed by atoms with Gasteiger partial charge in [-0.3, -0.25) is 14.4 Å². The van der Waals surface area contributed by atoms with Crippen molar-refractivity contribution in [1.29, 1.82) is 5.26 Å². The molecule has 0 fully saturated rings.